The molecule has 6 nitrogen and oxygen atoms in total. The van der Waals surface area contributed by atoms with Crippen molar-refractivity contribution in [1.29, 1.82) is 0 Å². The molecule has 0 aromatic heterocycles. The predicted octanol–water partition coefficient (Wildman–Crippen LogP) is 1.91. The Bertz CT molecular complexity index is 786. The van der Waals surface area contributed by atoms with Crippen LogP contribution >= 0.6 is 0 Å². The predicted molar refractivity (Wildman–Crippen MR) is 81.1 cm³/mol. The molecular formula is C15H15NO5S. The van der Waals surface area contributed by atoms with Gasteiger partial charge in [-0.25, -0.2) is 8.42 Å². The second kappa shape index (κ2) is 6.48. The molecule has 2 aromatic rings. The number of aromatic hydroxyl groups is 1. The minimum atomic E-state index is -3.91. The molecule has 0 heterocycles. The van der Waals surface area contributed by atoms with Gasteiger partial charge in [-0.05, 0) is 29.8 Å². The third-order valence-corrected chi connectivity index (χ3v) is 4.34. The Labute approximate surface area is 128 Å². The fourth-order valence-corrected chi connectivity index (χ4v) is 3.03. The molecule has 7 heteroatoms. The molecule has 2 aromatic carbocycles. The largest absolute Gasteiger partial charge is 0.507 e. The van der Waals surface area contributed by atoms with Crippen molar-refractivity contribution in [3.05, 3.63) is 54.1 Å². The lowest BCUT2D eigenvalue weighted by Crippen LogP contribution is -2.13. The zero-order chi connectivity index (χ0) is 16.2. The van der Waals surface area contributed by atoms with E-state index in [0.717, 1.165) is 0 Å². The normalized spacial score (nSPS) is 11.0. The highest BCUT2D eigenvalue weighted by molar-refractivity contribution is 7.92. The number of hydrogen-bond acceptors (Lipinski definition) is 5. The van der Waals surface area contributed by atoms with Crippen LogP contribution in [0.25, 0.3) is 0 Å². The summed E-state index contributed by atoms with van der Waals surface area (Å²) >= 11 is 0. The van der Waals surface area contributed by atoms with Crippen LogP contribution in [0.4, 0.5) is 5.69 Å². The maximum Gasteiger partial charge on any atom is 0.309 e. The van der Waals surface area contributed by atoms with Crippen LogP contribution in [-0.4, -0.2) is 26.6 Å². The molecule has 116 valence electrons. The Balaban J connectivity index is 2.25. The minimum absolute atomic E-state index is 0.0443. The van der Waals surface area contributed by atoms with Crippen LogP contribution in [0.2, 0.25) is 0 Å². The zero-order valence-electron chi connectivity index (χ0n) is 11.8. The van der Waals surface area contributed by atoms with Crippen molar-refractivity contribution in [3.63, 3.8) is 0 Å². The minimum Gasteiger partial charge on any atom is -0.507 e. The van der Waals surface area contributed by atoms with Crippen LogP contribution < -0.4 is 4.72 Å². The maximum absolute atomic E-state index is 12.2. The summed E-state index contributed by atoms with van der Waals surface area (Å²) in [6.07, 6.45) is 0.0443. The van der Waals surface area contributed by atoms with Crippen LogP contribution in [0.5, 0.6) is 5.75 Å². The number of carbonyl (C=O) groups excluding carboxylic acids is 1. The standard InChI is InChI=1S/C15H15NO5S/c1-21-15(18)10-11-5-4-6-12(9-11)16-22(19,20)14-8-3-2-7-13(14)17/h2-9,16-17H,10H2,1H3. The van der Waals surface area contributed by atoms with Gasteiger partial charge in [0.15, 0.2) is 0 Å². The Morgan fingerprint density at radius 2 is 1.91 bits per heavy atom. The highest BCUT2D eigenvalue weighted by atomic mass is 32.2. The van der Waals surface area contributed by atoms with Crippen LogP contribution in [0, 0.1) is 0 Å². The SMILES string of the molecule is COC(=O)Cc1cccc(NS(=O)(=O)c2ccccc2O)c1. The van der Waals surface area contributed by atoms with E-state index in [9.17, 15) is 18.3 Å². The van der Waals surface area contributed by atoms with E-state index in [1.165, 1.54) is 37.4 Å². The highest BCUT2D eigenvalue weighted by Gasteiger charge is 2.18. The number of methoxy groups -OCH3 is 1. The van der Waals surface area contributed by atoms with E-state index in [4.69, 9.17) is 0 Å². The topological polar surface area (TPSA) is 92.7 Å². The number of nitrogens with one attached hydrogen (secondary N) is 1. The van der Waals surface area contributed by atoms with Crippen molar-refractivity contribution in [2.45, 2.75) is 11.3 Å². The molecule has 2 rings (SSSR count). The number of phenols is 1. The summed E-state index contributed by atoms with van der Waals surface area (Å²) in [5.41, 5.74) is 0.911. The molecule has 0 radical (unpaired) electrons. The van der Waals surface area contributed by atoms with Gasteiger partial charge in [0.2, 0.25) is 0 Å². The lowest BCUT2D eigenvalue weighted by molar-refractivity contribution is -0.139. The van der Waals surface area contributed by atoms with Gasteiger partial charge in [-0.1, -0.05) is 24.3 Å². The zero-order valence-corrected chi connectivity index (χ0v) is 12.6. The maximum atomic E-state index is 12.2. The second-order valence-electron chi connectivity index (χ2n) is 4.53. The summed E-state index contributed by atoms with van der Waals surface area (Å²) in [4.78, 5) is 11.0. The van der Waals surface area contributed by atoms with Crippen LogP contribution in [0.1, 0.15) is 5.56 Å². The third kappa shape index (κ3) is 3.76. The third-order valence-electron chi connectivity index (χ3n) is 2.91. The Morgan fingerprint density at radius 3 is 2.59 bits per heavy atom. The molecule has 0 saturated carbocycles. The number of esters is 1. The van der Waals surface area contributed by atoms with Crippen LogP contribution in [0.3, 0.4) is 0 Å². The van der Waals surface area contributed by atoms with E-state index in [1.807, 2.05) is 0 Å². The first kappa shape index (κ1) is 15.8. The van der Waals surface area contributed by atoms with Gasteiger partial charge >= 0.3 is 5.97 Å². The molecule has 0 unspecified atom stereocenters. The number of benzene rings is 2. The number of ether oxygens (including phenoxy) is 1. The van der Waals surface area contributed by atoms with Crippen molar-refractivity contribution < 1.29 is 23.1 Å². The van der Waals surface area contributed by atoms with E-state index < -0.39 is 16.0 Å². The van der Waals surface area contributed by atoms with Crippen molar-refractivity contribution >= 4 is 21.7 Å². The van der Waals surface area contributed by atoms with Gasteiger partial charge < -0.3 is 9.84 Å². The van der Waals surface area contributed by atoms with E-state index in [1.54, 1.807) is 18.2 Å². The Kier molecular flexibility index (Phi) is 4.67. The molecule has 0 bridgehead atoms. The molecule has 0 fully saturated rings. The molecular weight excluding hydrogens is 306 g/mol. The summed E-state index contributed by atoms with van der Waals surface area (Å²) in [5.74, 6) is -0.749. The number of para-hydroxylation sites is 1. The van der Waals surface area contributed by atoms with E-state index in [-0.39, 0.29) is 17.1 Å². The number of sulfonamides is 1. The van der Waals surface area contributed by atoms with Crippen LogP contribution in [-0.2, 0) is 26.0 Å². The van der Waals surface area contributed by atoms with Crippen molar-refractivity contribution in [1.82, 2.24) is 0 Å². The van der Waals surface area contributed by atoms with Crippen LogP contribution in [0.15, 0.2) is 53.4 Å². The molecule has 2 N–H and O–H groups in total. The summed E-state index contributed by atoms with van der Waals surface area (Å²) in [6.45, 7) is 0. The molecule has 22 heavy (non-hydrogen) atoms. The van der Waals surface area contributed by atoms with Crippen molar-refractivity contribution in [2.24, 2.45) is 0 Å². The quantitative estimate of drug-likeness (QED) is 0.821. The molecule has 0 amide bonds. The van der Waals surface area contributed by atoms with Gasteiger partial charge in [0, 0.05) is 5.69 Å². The Hall–Kier alpha value is -2.54. The van der Waals surface area contributed by atoms with Gasteiger partial charge in [-0.15, -0.1) is 0 Å². The number of carbonyl (C=O) groups is 1. The fraction of sp³-hybridized carbons (Fsp3) is 0.133. The first-order valence-electron chi connectivity index (χ1n) is 6.39. The van der Waals surface area contributed by atoms with E-state index >= 15 is 0 Å². The summed E-state index contributed by atoms with van der Waals surface area (Å²) in [6, 6.07) is 12.0. The molecule has 0 aliphatic rings. The highest BCUT2D eigenvalue weighted by Crippen LogP contribution is 2.24. The lowest BCUT2D eigenvalue weighted by Gasteiger charge is -2.10. The van der Waals surface area contributed by atoms with Gasteiger partial charge in [0.1, 0.15) is 10.6 Å². The molecule has 0 aliphatic heterocycles. The molecule has 0 aliphatic carbocycles. The van der Waals surface area contributed by atoms with E-state index in [2.05, 4.69) is 9.46 Å². The molecule has 0 atom stereocenters. The van der Waals surface area contributed by atoms with Gasteiger partial charge in [-0.3, -0.25) is 9.52 Å². The average Bonchev–Trinajstić information content (AvgIpc) is 2.47. The molecule has 0 spiro atoms. The first-order chi connectivity index (χ1) is 10.4. The smallest absolute Gasteiger partial charge is 0.309 e. The molecule has 0 saturated heterocycles. The summed E-state index contributed by atoms with van der Waals surface area (Å²) in [7, 11) is -2.63. The second-order valence-corrected chi connectivity index (χ2v) is 6.18. The van der Waals surface area contributed by atoms with Crippen molar-refractivity contribution in [3.8, 4) is 5.75 Å². The Morgan fingerprint density at radius 1 is 1.18 bits per heavy atom. The number of phenolic OH excluding ortho intramolecular Hbond substituents is 1. The van der Waals surface area contributed by atoms with Gasteiger partial charge in [-0.2, -0.15) is 0 Å². The van der Waals surface area contributed by atoms with Crippen molar-refractivity contribution in [2.75, 3.05) is 11.8 Å². The monoisotopic (exact) mass is 321 g/mol. The summed E-state index contributed by atoms with van der Waals surface area (Å²) < 4.78 is 31.4. The summed E-state index contributed by atoms with van der Waals surface area (Å²) in [5, 5.41) is 9.65. The fourth-order valence-electron chi connectivity index (χ4n) is 1.88. The van der Waals surface area contributed by atoms with Gasteiger partial charge in [0.05, 0.1) is 13.5 Å². The number of anilines is 1. The number of rotatable bonds is 5. The van der Waals surface area contributed by atoms with E-state index in [0.29, 0.717) is 11.3 Å². The lowest BCUT2D eigenvalue weighted by atomic mass is 10.1. The first-order valence-corrected chi connectivity index (χ1v) is 7.87. The number of hydrogen-bond donors (Lipinski definition) is 2. The van der Waals surface area contributed by atoms with Gasteiger partial charge in [0.25, 0.3) is 10.0 Å². The average molecular weight is 321 g/mol.